The van der Waals surface area contributed by atoms with E-state index < -0.39 is 166 Å². The minimum atomic E-state index is -0.817. The van der Waals surface area contributed by atoms with Gasteiger partial charge in [-0.1, -0.05) is 139 Å². The summed E-state index contributed by atoms with van der Waals surface area (Å²) in [7, 11) is 0. The Morgan fingerprint density at radius 1 is 0.404 bits per heavy atom. The Labute approximate surface area is 302 Å². The molecule has 0 amide bonds. The van der Waals surface area contributed by atoms with Crippen molar-refractivity contribution < 1.29 is 34.6 Å². The van der Waals surface area contributed by atoms with Gasteiger partial charge in [-0.3, -0.25) is 0 Å². The van der Waals surface area contributed by atoms with Crippen LogP contribution in [0.2, 0.25) is 0 Å². The second kappa shape index (κ2) is 10.2. The fraction of sp³-hybridized carbons (Fsp3) is 0. The number of benzene rings is 9. The largest absolute Gasteiger partial charge is 0.456 e. The number of furan rings is 1. The lowest BCUT2D eigenvalue weighted by atomic mass is 9.84. The normalized spacial score (nSPS) is 18.4. The molecule has 0 unspecified atom stereocenters. The van der Waals surface area contributed by atoms with E-state index in [1.54, 1.807) is 12.1 Å². The maximum Gasteiger partial charge on any atom is 0.136 e. The van der Waals surface area contributed by atoms with Crippen LogP contribution in [0.25, 0.3) is 98.4 Å². The van der Waals surface area contributed by atoms with Crippen molar-refractivity contribution in [2.24, 2.45) is 0 Å². The summed E-state index contributed by atoms with van der Waals surface area (Å²) in [5.41, 5.74) is -0.779. The molecule has 0 N–H and O–H groups in total. The Balaban J connectivity index is 1.38. The minimum Gasteiger partial charge on any atom is -0.456 e. The zero-order valence-electron chi connectivity index (χ0n) is 45.9. The first-order chi connectivity index (χ1) is 32.5. The van der Waals surface area contributed by atoms with Crippen LogP contribution in [0.3, 0.4) is 0 Å². The zero-order valence-corrected chi connectivity index (χ0v) is 23.9. The molecule has 0 radical (unpaired) electrons. The predicted molar refractivity (Wildman–Crippen MR) is 200 cm³/mol. The molecule has 0 atom stereocenters. The van der Waals surface area contributed by atoms with Gasteiger partial charge in [0.05, 0.1) is 30.2 Å². The molecule has 9 aromatic carbocycles. The predicted octanol–water partition coefficient (Wildman–Crippen LogP) is 13.2. The molecule has 0 bridgehead atoms. The molecule has 218 valence electrons. The van der Waals surface area contributed by atoms with E-state index in [9.17, 15) is 8.22 Å². The van der Waals surface area contributed by atoms with E-state index in [-0.39, 0.29) is 60.4 Å². The van der Waals surface area contributed by atoms with Crippen molar-refractivity contribution in [1.82, 2.24) is 0 Å². The highest BCUT2D eigenvalue weighted by molar-refractivity contribution is 6.26. The zero-order chi connectivity index (χ0) is 50.0. The van der Waals surface area contributed by atoms with Crippen LogP contribution in [-0.4, -0.2) is 0 Å². The van der Waals surface area contributed by atoms with Crippen LogP contribution in [0.4, 0.5) is 0 Å². The molecule has 1 nitrogen and oxygen atoms in total. The van der Waals surface area contributed by atoms with Crippen molar-refractivity contribution in [1.29, 1.82) is 0 Å². The van der Waals surface area contributed by atoms with Gasteiger partial charge in [0.25, 0.3) is 0 Å². The van der Waals surface area contributed by atoms with E-state index >= 15 is 0 Å². The second-order valence-electron chi connectivity index (χ2n) is 10.7. The number of hydrogen-bond donors (Lipinski definition) is 0. The number of fused-ring (bicyclic) bond motifs is 7. The molecule has 10 rings (SSSR count). The van der Waals surface area contributed by atoms with Gasteiger partial charge in [0, 0.05) is 10.8 Å². The van der Waals surface area contributed by atoms with Gasteiger partial charge in [0.2, 0.25) is 0 Å². The average Bonchev–Trinajstić information content (AvgIpc) is 3.71. The summed E-state index contributed by atoms with van der Waals surface area (Å²) in [5, 5.41) is -2.43. The van der Waals surface area contributed by atoms with Crippen LogP contribution in [0.15, 0.2) is 174 Å². The van der Waals surface area contributed by atoms with Crippen molar-refractivity contribution in [3.8, 4) is 33.4 Å². The van der Waals surface area contributed by atoms with Crippen molar-refractivity contribution >= 4 is 65.0 Å². The SMILES string of the molecule is [2H]c1c([2H])c([2H])c2c([2H])c(-c3ccc4c(c3)oc3cccc(-c5c6c([2H])c([2H])c([2H])c([2H])c6c(-c6c([2H])c([2H])c7c([2H])c([2H])c([2H])c([2H])c7c6[2H])c6c([2H])c([2H])c([2H])c([2H])c56)c34)c([2H])c([2H])c2c1[2H]. The maximum atomic E-state index is 9.48. The third-order valence-electron chi connectivity index (χ3n) is 8.18. The van der Waals surface area contributed by atoms with Gasteiger partial charge in [0.1, 0.15) is 11.2 Å². The monoisotopic (exact) mass is 618 g/mol. The van der Waals surface area contributed by atoms with Gasteiger partial charge >= 0.3 is 0 Å². The Morgan fingerprint density at radius 3 is 1.62 bits per heavy atom. The van der Waals surface area contributed by atoms with Crippen LogP contribution in [-0.2, 0) is 0 Å². The van der Waals surface area contributed by atoms with E-state index in [2.05, 4.69) is 0 Å². The van der Waals surface area contributed by atoms with Gasteiger partial charge < -0.3 is 4.42 Å². The Kier molecular flexibility index (Phi) is 2.71. The van der Waals surface area contributed by atoms with Crippen molar-refractivity contribution in [3.05, 3.63) is 169 Å². The highest BCUT2D eigenvalue weighted by Crippen LogP contribution is 2.47. The molecule has 0 saturated carbocycles. The third kappa shape index (κ3) is 4.03. The summed E-state index contributed by atoms with van der Waals surface area (Å²) in [6, 6.07) is -6.02. The summed E-state index contributed by atoms with van der Waals surface area (Å²) in [6.07, 6.45) is 0. The molecule has 10 aromatic rings. The fourth-order valence-corrected chi connectivity index (χ4v) is 6.17. The minimum absolute atomic E-state index is 0.116. The van der Waals surface area contributed by atoms with Crippen LogP contribution in [0.1, 0.15) is 30.2 Å². The van der Waals surface area contributed by atoms with Crippen LogP contribution in [0, 0.1) is 0 Å². The lowest BCUT2D eigenvalue weighted by Crippen LogP contribution is -1.91. The molecular weight excluding hydrogens is 569 g/mol. The van der Waals surface area contributed by atoms with Gasteiger partial charge in [-0.15, -0.1) is 0 Å². The highest BCUT2D eigenvalue weighted by Gasteiger charge is 2.20. The van der Waals surface area contributed by atoms with Gasteiger partial charge in [-0.25, -0.2) is 0 Å². The standard InChI is InChI=1S/C46H28O/c1-3-12-31-26-33(22-20-29(31)10-1)34-24-25-40-43(28-34)47-42-19-9-18-41(46(40)42)45-38-16-7-5-14-36(38)44(37-15-6-8-17-39(37)45)35-23-21-30-11-2-4-13-32(30)27-35/h1-28H/i1D,2D,3D,4D,5D,6D,7D,8D,10D,11D,12D,13D,14D,15D,16D,17D,20D,21D,22D,23D,26D,27D. The summed E-state index contributed by atoms with van der Waals surface area (Å²) in [6.45, 7) is 0. The van der Waals surface area contributed by atoms with E-state index in [1.807, 2.05) is 0 Å². The van der Waals surface area contributed by atoms with E-state index in [1.165, 1.54) is 24.3 Å². The van der Waals surface area contributed by atoms with Crippen LogP contribution in [0.5, 0.6) is 0 Å². The van der Waals surface area contributed by atoms with Gasteiger partial charge in [0.15, 0.2) is 0 Å². The van der Waals surface area contributed by atoms with Crippen LogP contribution < -0.4 is 0 Å². The smallest absolute Gasteiger partial charge is 0.136 e. The highest BCUT2D eigenvalue weighted by atomic mass is 16.3. The molecule has 0 saturated heterocycles. The topological polar surface area (TPSA) is 13.1 Å². The Morgan fingerprint density at radius 2 is 0.957 bits per heavy atom. The molecule has 0 aliphatic heterocycles. The molecular formula is C46H28O. The number of rotatable bonds is 3. The van der Waals surface area contributed by atoms with Crippen molar-refractivity contribution in [2.45, 2.75) is 0 Å². The lowest BCUT2D eigenvalue weighted by Gasteiger charge is -2.18. The average molecular weight is 619 g/mol. The van der Waals surface area contributed by atoms with Crippen molar-refractivity contribution in [2.75, 3.05) is 0 Å². The van der Waals surface area contributed by atoms with Gasteiger partial charge in [-0.05, 0) is 107 Å². The van der Waals surface area contributed by atoms with Crippen LogP contribution >= 0.6 is 0 Å². The molecule has 1 heteroatoms. The lowest BCUT2D eigenvalue weighted by molar-refractivity contribution is 0.669. The quantitative estimate of drug-likeness (QED) is 0.180. The second-order valence-corrected chi connectivity index (χ2v) is 10.7. The molecule has 0 fully saturated rings. The Bertz CT molecular complexity index is 4020. The summed E-state index contributed by atoms with van der Waals surface area (Å²) in [4.78, 5) is 0. The first kappa shape index (κ1) is 12.5. The first-order valence-corrected chi connectivity index (χ1v) is 14.4. The molecule has 1 aromatic heterocycles. The Hall–Kier alpha value is -6.18. The first-order valence-electron chi connectivity index (χ1n) is 25.4. The summed E-state index contributed by atoms with van der Waals surface area (Å²) >= 11 is 0. The van der Waals surface area contributed by atoms with E-state index in [0.717, 1.165) is 0 Å². The summed E-state index contributed by atoms with van der Waals surface area (Å²) in [5.74, 6) is 0. The molecule has 0 aliphatic carbocycles. The summed E-state index contributed by atoms with van der Waals surface area (Å²) < 4.78 is 201. The maximum absolute atomic E-state index is 9.48. The van der Waals surface area contributed by atoms with E-state index in [4.69, 9.17) is 26.3 Å². The molecule has 0 aliphatic rings. The third-order valence-corrected chi connectivity index (χ3v) is 8.18. The fourth-order valence-electron chi connectivity index (χ4n) is 6.17. The molecule has 1 heterocycles. The van der Waals surface area contributed by atoms with Gasteiger partial charge in [-0.2, -0.15) is 0 Å². The molecule has 0 spiro atoms. The van der Waals surface area contributed by atoms with Crippen molar-refractivity contribution in [3.63, 3.8) is 0 Å². The molecule has 47 heavy (non-hydrogen) atoms. The van der Waals surface area contributed by atoms with E-state index in [0.29, 0.717) is 5.39 Å². The number of hydrogen-bond acceptors (Lipinski definition) is 1.